The summed E-state index contributed by atoms with van der Waals surface area (Å²) >= 11 is 3.75. The molecule has 0 radical (unpaired) electrons. The third kappa shape index (κ3) is 3.81. The highest BCUT2D eigenvalue weighted by molar-refractivity contribution is 9.12. The predicted molar refractivity (Wildman–Crippen MR) is 111 cm³/mol. The summed E-state index contributed by atoms with van der Waals surface area (Å²) in [4.78, 5) is 2.57. The number of fused-ring (bicyclic) bond motifs is 4. The lowest BCUT2D eigenvalue weighted by Gasteiger charge is -2.54. The summed E-state index contributed by atoms with van der Waals surface area (Å²) in [5.74, 6) is 1.20. The van der Waals surface area contributed by atoms with Gasteiger partial charge in [-0.25, -0.2) is 0 Å². The van der Waals surface area contributed by atoms with Crippen LogP contribution in [0.5, 0.6) is 0 Å². The molecule has 1 saturated heterocycles. The van der Waals surface area contributed by atoms with E-state index in [1.54, 1.807) is 0 Å². The number of allylic oxidation sites excluding steroid dienone is 3. The molecule has 0 spiro atoms. The molecule has 0 N–H and O–H groups in total. The number of hydrogen-bond donors (Lipinski definition) is 0. The summed E-state index contributed by atoms with van der Waals surface area (Å²) in [6.07, 6.45) is 8.64. The van der Waals surface area contributed by atoms with Gasteiger partial charge in [0.2, 0.25) is 0 Å². The van der Waals surface area contributed by atoms with E-state index >= 15 is 0 Å². The molecule has 0 saturated carbocycles. The van der Waals surface area contributed by atoms with Crippen LogP contribution in [0, 0.1) is 18.3 Å². The number of halogens is 1. The smallest absolute Gasteiger partial charge is 0.133 e. The Morgan fingerprint density at radius 3 is 2.81 bits per heavy atom. The summed E-state index contributed by atoms with van der Waals surface area (Å²) in [6, 6.07) is 2.72. The fraction of sp³-hybridized carbons (Fsp3) is 0.500. The Labute approximate surface area is 165 Å². The molecule has 1 fully saturated rings. The van der Waals surface area contributed by atoms with Gasteiger partial charge in [0.05, 0.1) is 5.69 Å². The topological polar surface area (TPSA) is 29.3 Å². The van der Waals surface area contributed by atoms with Crippen molar-refractivity contribution in [2.24, 2.45) is 11.3 Å². The summed E-state index contributed by atoms with van der Waals surface area (Å²) in [6.45, 7) is 18.3. The van der Waals surface area contributed by atoms with Gasteiger partial charge >= 0.3 is 0 Å². The van der Waals surface area contributed by atoms with Gasteiger partial charge in [0, 0.05) is 35.1 Å². The molecule has 3 unspecified atom stereocenters. The number of nitrogens with zero attached hydrogens (tertiary/aromatic N) is 2. The number of piperidine rings is 1. The number of hydrogen-bond acceptors (Lipinski definition) is 3. The van der Waals surface area contributed by atoms with Crippen LogP contribution in [-0.2, 0) is 6.54 Å². The normalized spacial score (nSPS) is 31.7. The van der Waals surface area contributed by atoms with Gasteiger partial charge in [-0.2, -0.15) is 0 Å². The lowest BCUT2D eigenvalue weighted by molar-refractivity contribution is -0.0122. The second-order valence-electron chi connectivity index (χ2n) is 8.49. The molecular weight excluding hydrogens is 388 g/mol. The quantitative estimate of drug-likeness (QED) is 0.568. The monoisotopic (exact) mass is 416 g/mol. The molecule has 1 aromatic heterocycles. The zero-order valence-corrected chi connectivity index (χ0v) is 17.8. The minimum Gasteiger partial charge on any atom is -0.361 e. The summed E-state index contributed by atoms with van der Waals surface area (Å²) < 4.78 is 6.41. The highest BCUT2D eigenvalue weighted by Crippen LogP contribution is 2.50. The van der Waals surface area contributed by atoms with Gasteiger partial charge in [-0.3, -0.25) is 4.90 Å². The molecule has 0 aromatic carbocycles. The van der Waals surface area contributed by atoms with Crippen molar-refractivity contribution in [3.8, 4) is 0 Å². The van der Waals surface area contributed by atoms with Crippen molar-refractivity contribution in [1.82, 2.24) is 10.1 Å². The maximum absolute atomic E-state index is 5.31. The predicted octanol–water partition coefficient (Wildman–Crippen LogP) is 5.94. The van der Waals surface area contributed by atoms with Crippen LogP contribution in [0.1, 0.15) is 45.1 Å². The van der Waals surface area contributed by atoms with Crippen LogP contribution in [0.2, 0.25) is 0 Å². The van der Waals surface area contributed by atoms with Crippen LogP contribution in [0.15, 0.2) is 57.6 Å². The lowest BCUT2D eigenvalue weighted by atomic mass is 9.63. The van der Waals surface area contributed by atoms with E-state index in [0.29, 0.717) is 18.0 Å². The summed E-state index contributed by atoms with van der Waals surface area (Å²) in [5.41, 5.74) is 3.52. The Kier molecular flexibility index (Phi) is 5.45. The first-order valence-electron chi connectivity index (χ1n) is 9.24. The maximum Gasteiger partial charge on any atom is 0.133 e. The van der Waals surface area contributed by atoms with E-state index < -0.39 is 0 Å². The van der Waals surface area contributed by atoms with Crippen molar-refractivity contribution in [3.63, 3.8) is 0 Å². The Bertz CT molecular complexity index is 771. The van der Waals surface area contributed by atoms with Gasteiger partial charge in [-0.1, -0.05) is 59.2 Å². The Morgan fingerprint density at radius 2 is 2.19 bits per heavy atom. The van der Waals surface area contributed by atoms with Crippen molar-refractivity contribution < 1.29 is 4.52 Å². The van der Waals surface area contributed by atoms with Crippen LogP contribution in [0.4, 0.5) is 0 Å². The lowest BCUT2D eigenvalue weighted by Crippen LogP contribution is -2.56. The van der Waals surface area contributed by atoms with E-state index in [2.05, 4.69) is 78.1 Å². The molecule has 3 atom stereocenters. The van der Waals surface area contributed by atoms with E-state index in [1.807, 2.05) is 13.0 Å². The first-order valence-corrected chi connectivity index (χ1v) is 10.0. The van der Waals surface area contributed by atoms with Crippen molar-refractivity contribution in [1.29, 1.82) is 0 Å². The highest BCUT2D eigenvalue weighted by Gasteiger charge is 2.48. The van der Waals surface area contributed by atoms with E-state index in [4.69, 9.17) is 4.52 Å². The van der Waals surface area contributed by atoms with Crippen LogP contribution >= 0.6 is 15.9 Å². The first-order chi connectivity index (χ1) is 12.2. The highest BCUT2D eigenvalue weighted by atomic mass is 79.9. The number of rotatable bonds is 4. The van der Waals surface area contributed by atoms with Gasteiger partial charge in [-0.15, -0.1) is 6.58 Å². The van der Waals surface area contributed by atoms with Crippen molar-refractivity contribution in [3.05, 3.63) is 64.5 Å². The van der Waals surface area contributed by atoms with Crippen molar-refractivity contribution in [2.45, 2.75) is 59.2 Å². The molecule has 140 valence electrons. The SMILES string of the molecule is C=C(C)CC1C2C(=C)/C(Br)=C\C=C/C(CC2(C)C)N1Cc1cc(C)on1. The first kappa shape index (κ1) is 19.4. The Hall–Kier alpha value is -1.39. The maximum atomic E-state index is 5.31. The second-order valence-corrected chi connectivity index (χ2v) is 9.35. The molecule has 3 heterocycles. The third-order valence-corrected chi connectivity index (χ3v) is 6.42. The van der Waals surface area contributed by atoms with E-state index in [0.717, 1.165) is 35.3 Å². The van der Waals surface area contributed by atoms with E-state index in [9.17, 15) is 0 Å². The second kappa shape index (κ2) is 7.32. The van der Waals surface area contributed by atoms with E-state index in [-0.39, 0.29) is 5.41 Å². The summed E-state index contributed by atoms with van der Waals surface area (Å²) in [5, 5.41) is 4.25. The van der Waals surface area contributed by atoms with Gasteiger partial charge in [0.25, 0.3) is 0 Å². The third-order valence-electron chi connectivity index (χ3n) is 5.65. The fourth-order valence-corrected chi connectivity index (χ4v) is 5.05. The van der Waals surface area contributed by atoms with Crippen LogP contribution in [0.25, 0.3) is 0 Å². The molecule has 2 bridgehead atoms. The molecule has 3 aliphatic rings. The van der Waals surface area contributed by atoms with Gasteiger partial charge in [0.15, 0.2) is 0 Å². The molecule has 2 aliphatic heterocycles. The van der Waals surface area contributed by atoms with Crippen LogP contribution < -0.4 is 0 Å². The average molecular weight is 417 g/mol. The molecule has 0 amide bonds. The standard InChI is InChI=1S/C22H29BrN2O/c1-14(2)10-20-21-16(4)19(23)9-7-8-18(12-22(21,5)6)25(20)13-17-11-15(3)26-24-17/h7-9,11,18,20-21H,1,4,10,12-13H2,2-3,5-6H3/b8-7-,19-9+. The van der Waals surface area contributed by atoms with Gasteiger partial charge in [-0.05, 0) is 43.8 Å². The van der Waals surface area contributed by atoms with Crippen LogP contribution in [0.3, 0.4) is 0 Å². The molecule has 4 heteroatoms. The molecule has 1 aliphatic carbocycles. The summed E-state index contributed by atoms with van der Waals surface area (Å²) in [7, 11) is 0. The van der Waals surface area contributed by atoms with Crippen molar-refractivity contribution >= 4 is 15.9 Å². The van der Waals surface area contributed by atoms with E-state index in [1.165, 1.54) is 11.1 Å². The Balaban J connectivity index is 2.07. The minimum absolute atomic E-state index is 0.152. The minimum atomic E-state index is 0.152. The number of aromatic nitrogens is 1. The molecular formula is C22H29BrN2O. The molecule has 4 rings (SSSR count). The molecule has 3 nitrogen and oxygen atoms in total. The Morgan fingerprint density at radius 1 is 1.46 bits per heavy atom. The zero-order valence-electron chi connectivity index (χ0n) is 16.3. The fourth-order valence-electron chi connectivity index (χ4n) is 4.65. The largest absolute Gasteiger partial charge is 0.361 e. The van der Waals surface area contributed by atoms with Crippen LogP contribution in [-0.4, -0.2) is 22.1 Å². The molecule has 1 aromatic rings. The van der Waals surface area contributed by atoms with Crippen molar-refractivity contribution in [2.75, 3.05) is 0 Å². The number of aryl methyl sites for hydroxylation is 1. The zero-order chi connectivity index (χ0) is 19.1. The average Bonchev–Trinajstić information content (AvgIpc) is 2.95. The molecule has 26 heavy (non-hydrogen) atoms. The van der Waals surface area contributed by atoms with Gasteiger partial charge < -0.3 is 4.52 Å². The van der Waals surface area contributed by atoms with Gasteiger partial charge in [0.1, 0.15) is 5.76 Å².